The average Bonchev–Trinajstić information content (AvgIpc) is 2.74. The van der Waals surface area contributed by atoms with Crippen LogP contribution < -0.4 is 10.1 Å². The van der Waals surface area contributed by atoms with Crippen molar-refractivity contribution in [3.8, 4) is 5.75 Å². The number of carbonyl (C=O) groups is 1. The molecule has 0 aromatic heterocycles. The summed E-state index contributed by atoms with van der Waals surface area (Å²) in [5.74, 6) is 0.931. The lowest BCUT2D eigenvalue weighted by Crippen LogP contribution is -2.13. The van der Waals surface area contributed by atoms with Crippen molar-refractivity contribution in [1.29, 1.82) is 0 Å². The Kier molecular flexibility index (Phi) is 6.97. The van der Waals surface area contributed by atoms with Gasteiger partial charge in [-0.1, -0.05) is 17.7 Å². The zero-order valence-electron chi connectivity index (χ0n) is 16.3. The van der Waals surface area contributed by atoms with Gasteiger partial charge in [0, 0.05) is 38.9 Å². The Morgan fingerprint density at radius 3 is 2.53 bits per heavy atom. The lowest BCUT2D eigenvalue weighted by molar-refractivity contribution is -0.384. The van der Waals surface area contributed by atoms with Gasteiger partial charge in [-0.2, -0.15) is 0 Å². The van der Waals surface area contributed by atoms with E-state index in [-0.39, 0.29) is 11.6 Å². The number of methoxy groups -OCH3 is 1. The molecule has 154 valence electrons. The number of nitro groups is 1. The summed E-state index contributed by atoms with van der Waals surface area (Å²) in [5, 5.41) is 14.4. The normalized spacial score (nSPS) is 10.5. The van der Waals surface area contributed by atoms with Gasteiger partial charge in [0.2, 0.25) is 0 Å². The van der Waals surface area contributed by atoms with Gasteiger partial charge in [-0.05, 0) is 55.0 Å². The number of halogens is 1. The summed E-state index contributed by atoms with van der Waals surface area (Å²) in [6.45, 7) is 1.78. The van der Waals surface area contributed by atoms with Crippen molar-refractivity contribution in [3.05, 3.63) is 92.5 Å². The molecule has 0 saturated carbocycles. The molecular weight excluding hydrogens is 424 g/mol. The van der Waals surface area contributed by atoms with E-state index in [0.717, 1.165) is 16.0 Å². The summed E-state index contributed by atoms with van der Waals surface area (Å²) in [5.41, 5.74) is 2.36. The van der Waals surface area contributed by atoms with Gasteiger partial charge in [0.25, 0.3) is 11.6 Å². The summed E-state index contributed by atoms with van der Waals surface area (Å²) in [6.07, 6.45) is 0. The minimum Gasteiger partial charge on any atom is -0.496 e. The zero-order chi connectivity index (χ0) is 21.7. The largest absolute Gasteiger partial charge is 0.496 e. The van der Waals surface area contributed by atoms with Crippen molar-refractivity contribution >= 4 is 40.6 Å². The van der Waals surface area contributed by atoms with Crippen LogP contribution in [0.3, 0.4) is 0 Å². The number of anilines is 1. The van der Waals surface area contributed by atoms with Crippen LogP contribution in [0.2, 0.25) is 5.02 Å². The number of nitro benzene ring substituents is 1. The molecule has 0 heterocycles. The number of ether oxygens (including phenoxy) is 1. The molecule has 3 aromatic carbocycles. The van der Waals surface area contributed by atoms with Gasteiger partial charge in [0.15, 0.2) is 0 Å². The number of hydrogen-bond acceptors (Lipinski definition) is 5. The van der Waals surface area contributed by atoms with Crippen molar-refractivity contribution in [2.75, 3.05) is 12.4 Å². The van der Waals surface area contributed by atoms with Crippen LogP contribution in [0.15, 0.2) is 65.6 Å². The van der Waals surface area contributed by atoms with Crippen molar-refractivity contribution in [2.24, 2.45) is 0 Å². The van der Waals surface area contributed by atoms with Crippen molar-refractivity contribution < 1.29 is 14.5 Å². The topological polar surface area (TPSA) is 81.5 Å². The second-order valence-electron chi connectivity index (χ2n) is 6.48. The molecule has 0 spiro atoms. The van der Waals surface area contributed by atoms with E-state index in [1.807, 2.05) is 24.3 Å². The standard InChI is InChI=1S/C22H19ClN2O4S/c1-14-3-7-18(25(27)28)12-20(14)24-22(26)15-4-10-21(29-2)16(11-15)13-30-19-8-5-17(23)6-9-19/h3-12H,13H2,1-2H3,(H,24,26). The maximum Gasteiger partial charge on any atom is 0.271 e. The SMILES string of the molecule is COc1ccc(C(=O)Nc2cc([N+](=O)[O-])ccc2C)cc1CSc1ccc(Cl)cc1. The number of benzene rings is 3. The van der Waals surface area contributed by atoms with Gasteiger partial charge in [-0.25, -0.2) is 0 Å². The fraction of sp³-hybridized carbons (Fsp3) is 0.136. The van der Waals surface area contributed by atoms with Crippen molar-refractivity contribution in [3.63, 3.8) is 0 Å². The van der Waals surface area contributed by atoms with E-state index in [9.17, 15) is 14.9 Å². The second-order valence-corrected chi connectivity index (χ2v) is 7.96. The van der Waals surface area contributed by atoms with E-state index in [4.69, 9.17) is 16.3 Å². The van der Waals surface area contributed by atoms with Crippen LogP contribution in [0, 0.1) is 17.0 Å². The summed E-state index contributed by atoms with van der Waals surface area (Å²) in [6, 6.07) is 17.1. The average molecular weight is 443 g/mol. The van der Waals surface area contributed by atoms with E-state index in [1.165, 1.54) is 12.1 Å². The van der Waals surface area contributed by atoms with Gasteiger partial charge >= 0.3 is 0 Å². The van der Waals surface area contributed by atoms with Gasteiger partial charge < -0.3 is 10.1 Å². The Labute approximate surface area is 183 Å². The van der Waals surface area contributed by atoms with Crippen LogP contribution >= 0.6 is 23.4 Å². The molecule has 0 unspecified atom stereocenters. The second kappa shape index (κ2) is 9.65. The molecule has 1 N–H and O–H groups in total. The van der Waals surface area contributed by atoms with Gasteiger partial charge in [-0.3, -0.25) is 14.9 Å². The third kappa shape index (κ3) is 5.31. The molecule has 0 aliphatic heterocycles. The van der Waals surface area contributed by atoms with Gasteiger partial charge in [0.1, 0.15) is 5.75 Å². The minimum absolute atomic E-state index is 0.0781. The molecule has 0 radical (unpaired) electrons. The summed E-state index contributed by atoms with van der Waals surface area (Å²) in [7, 11) is 1.58. The number of nitrogens with one attached hydrogen (secondary N) is 1. The highest BCUT2D eigenvalue weighted by atomic mass is 35.5. The van der Waals surface area contributed by atoms with E-state index in [1.54, 1.807) is 50.1 Å². The van der Waals surface area contributed by atoms with Gasteiger partial charge in [-0.15, -0.1) is 11.8 Å². The molecule has 0 bridgehead atoms. The number of hydrogen-bond donors (Lipinski definition) is 1. The van der Waals surface area contributed by atoms with Crippen molar-refractivity contribution in [1.82, 2.24) is 0 Å². The number of carbonyl (C=O) groups excluding carboxylic acids is 1. The predicted molar refractivity (Wildman–Crippen MR) is 120 cm³/mol. The first kappa shape index (κ1) is 21.7. The maximum absolute atomic E-state index is 12.8. The molecular formula is C22H19ClN2O4S. The molecule has 1 amide bonds. The Morgan fingerprint density at radius 2 is 1.87 bits per heavy atom. The first-order valence-electron chi connectivity index (χ1n) is 8.99. The Bertz CT molecular complexity index is 1090. The summed E-state index contributed by atoms with van der Waals surface area (Å²) < 4.78 is 5.43. The lowest BCUT2D eigenvalue weighted by atomic mass is 10.1. The number of rotatable bonds is 7. The number of non-ortho nitro benzene ring substituents is 1. The molecule has 0 saturated heterocycles. The number of thioether (sulfide) groups is 1. The van der Waals surface area contributed by atoms with Crippen LogP contribution in [0.1, 0.15) is 21.5 Å². The Balaban J connectivity index is 1.79. The first-order valence-corrected chi connectivity index (χ1v) is 10.4. The summed E-state index contributed by atoms with van der Waals surface area (Å²) >= 11 is 7.52. The van der Waals surface area contributed by atoms with E-state index in [2.05, 4.69) is 5.32 Å². The number of amides is 1. The number of nitrogens with zero attached hydrogens (tertiary/aromatic N) is 1. The third-order valence-electron chi connectivity index (χ3n) is 4.43. The molecule has 0 fully saturated rings. The predicted octanol–water partition coefficient (Wildman–Crippen LogP) is 6.11. The van der Waals surface area contributed by atoms with E-state index >= 15 is 0 Å². The maximum atomic E-state index is 12.8. The first-order chi connectivity index (χ1) is 14.4. The third-order valence-corrected chi connectivity index (χ3v) is 5.74. The number of aryl methyl sites for hydroxylation is 1. The smallest absolute Gasteiger partial charge is 0.271 e. The fourth-order valence-electron chi connectivity index (χ4n) is 2.78. The van der Waals surface area contributed by atoms with Gasteiger partial charge in [0.05, 0.1) is 17.7 Å². The minimum atomic E-state index is -0.491. The zero-order valence-corrected chi connectivity index (χ0v) is 17.9. The van der Waals surface area contributed by atoms with Crippen LogP contribution in [0.5, 0.6) is 5.75 Å². The Hall–Kier alpha value is -3.03. The highest BCUT2D eigenvalue weighted by molar-refractivity contribution is 7.98. The quantitative estimate of drug-likeness (QED) is 0.271. The Morgan fingerprint density at radius 1 is 1.13 bits per heavy atom. The molecule has 0 atom stereocenters. The van der Waals surface area contributed by atoms with Crippen molar-refractivity contribution in [2.45, 2.75) is 17.6 Å². The monoisotopic (exact) mass is 442 g/mol. The summed E-state index contributed by atoms with van der Waals surface area (Å²) in [4.78, 5) is 24.3. The highest BCUT2D eigenvalue weighted by Crippen LogP contribution is 2.30. The van der Waals surface area contributed by atoms with E-state index < -0.39 is 4.92 Å². The van der Waals surface area contributed by atoms with Crippen LogP contribution in [-0.2, 0) is 5.75 Å². The molecule has 3 rings (SSSR count). The fourth-order valence-corrected chi connectivity index (χ4v) is 3.78. The molecule has 6 nitrogen and oxygen atoms in total. The molecule has 0 aliphatic carbocycles. The van der Waals surface area contributed by atoms with Crippen LogP contribution in [0.4, 0.5) is 11.4 Å². The van der Waals surface area contributed by atoms with E-state index in [0.29, 0.717) is 27.8 Å². The molecule has 30 heavy (non-hydrogen) atoms. The van der Waals surface area contributed by atoms with Crippen LogP contribution in [0.25, 0.3) is 0 Å². The highest BCUT2D eigenvalue weighted by Gasteiger charge is 2.14. The molecule has 0 aliphatic rings. The van der Waals surface area contributed by atoms with Crippen LogP contribution in [-0.4, -0.2) is 17.9 Å². The molecule has 8 heteroatoms. The molecule has 3 aromatic rings. The lowest BCUT2D eigenvalue weighted by Gasteiger charge is -2.12.